The fraction of sp³-hybridized carbons (Fsp3) is 0.364. The van der Waals surface area contributed by atoms with Gasteiger partial charge in [-0.05, 0) is 34.3 Å². The van der Waals surface area contributed by atoms with Crippen LogP contribution in [0.15, 0.2) is 16.6 Å². The van der Waals surface area contributed by atoms with Gasteiger partial charge in [0, 0.05) is 12.1 Å². The number of nitro groups is 1. The molecule has 5 nitrogen and oxygen atoms in total. The van der Waals surface area contributed by atoms with E-state index in [1.807, 2.05) is 6.92 Å². The molecule has 1 fully saturated rings. The summed E-state index contributed by atoms with van der Waals surface area (Å²) in [6, 6.07) is 1.91. The first kappa shape index (κ1) is 12.9. The van der Waals surface area contributed by atoms with Gasteiger partial charge in [-0.15, -0.1) is 0 Å². The van der Waals surface area contributed by atoms with E-state index < -0.39 is 22.3 Å². The van der Waals surface area contributed by atoms with Gasteiger partial charge in [-0.1, -0.05) is 6.92 Å². The summed E-state index contributed by atoms with van der Waals surface area (Å²) in [6.07, 6.45) is 0.846. The highest BCUT2D eigenvalue weighted by atomic mass is 79.9. The molecule has 96 valence electrons. The Kier molecular flexibility index (Phi) is 3.34. The summed E-state index contributed by atoms with van der Waals surface area (Å²) in [5, 5.41) is 13.5. The second-order valence-corrected chi connectivity index (χ2v) is 5.19. The Balaban J connectivity index is 2.32. The van der Waals surface area contributed by atoms with Crippen molar-refractivity contribution >= 4 is 27.5 Å². The highest BCUT2D eigenvalue weighted by Gasteiger charge is 2.35. The fourth-order valence-corrected chi connectivity index (χ4v) is 1.97. The molecule has 2 rings (SSSR count). The Labute approximate surface area is 111 Å². The highest BCUT2D eigenvalue weighted by Crippen LogP contribution is 2.31. The fourth-order valence-electron chi connectivity index (χ4n) is 1.64. The van der Waals surface area contributed by atoms with E-state index >= 15 is 0 Å². The number of nitrogens with one attached hydrogen (secondary N) is 1. The smallest absolute Gasteiger partial charge is 0.283 e. The summed E-state index contributed by atoms with van der Waals surface area (Å²) in [5.74, 6) is -0.939. The first-order valence-corrected chi connectivity index (χ1v) is 6.13. The maximum Gasteiger partial charge on any atom is 0.283 e. The van der Waals surface area contributed by atoms with Gasteiger partial charge in [-0.25, -0.2) is 4.39 Å². The molecule has 1 amide bonds. The standard InChI is InChI=1S/C11H10BrFN2O3/c1-5-2-9(5)14-11(16)6-3-8(13)7(12)4-10(6)15(17)18/h3-5,9H,2H2,1H3,(H,14,16). The van der Waals surface area contributed by atoms with Gasteiger partial charge in [-0.2, -0.15) is 0 Å². The number of benzene rings is 1. The zero-order chi connectivity index (χ0) is 13.4. The summed E-state index contributed by atoms with van der Waals surface area (Å²) < 4.78 is 13.3. The van der Waals surface area contributed by atoms with E-state index in [-0.39, 0.29) is 16.1 Å². The minimum atomic E-state index is -0.699. The molecule has 0 aromatic heterocycles. The number of hydrogen-bond donors (Lipinski definition) is 1. The zero-order valence-electron chi connectivity index (χ0n) is 9.44. The second-order valence-electron chi connectivity index (χ2n) is 4.33. The van der Waals surface area contributed by atoms with Gasteiger partial charge >= 0.3 is 0 Å². The topological polar surface area (TPSA) is 72.2 Å². The molecule has 0 saturated heterocycles. The van der Waals surface area contributed by atoms with Crippen molar-refractivity contribution in [1.29, 1.82) is 0 Å². The molecule has 1 aliphatic carbocycles. The van der Waals surface area contributed by atoms with Crippen molar-refractivity contribution in [3.05, 3.63) is 38.1 Å². The molecule has 18 heavy (non-hydrogen) atoms. The van der Waals surface area contributed by atoms with Crippen LogP contribution in [0.25, 0.3) is 0 Å². The van der Waals surface area contributed by atoms with Crippen LogP contribution >= 0.6 is 15.9 Å². The number of rotatable bonds is 3. The molecule has 0 aliphatic heterocycles. The van der Waals surface area contributed by atoms with E-state index in [9.17, 15) is 19.3 Å². The average molecular weight is 317 g/mol. The molecule has 1 N–H and O–H groups in total. The van der Waals surface area contributed by atoms with Crippen molar-refractivity contribution in [2.24, 2.45) is 5.92 Å². The van der Waals surface area contributed by atoms with Crippen LogP contribution in [0, 0.1) is 21.8 Å². The minimum Gasteiger partial charge on any atom is -0.349 e. The minimum absolute atomic E-state index is 0.0313. The van der Waals surface area contributed by atoms with Crippen molar-refractivity contribution < 1.29 is 14.1 Å². The third-order valence-electron chi connectivity index (χ3n) is 2.91. The third-order valence-corrected chi connectivity index (χ3v) is 3.51. The molecule has 7 heteroatoms. The number of carbonyl (C=O) groups is 1. The predicted molar refractivity (Wildman–Crippen MR) is 65.8 cm³/mol. The summed E-state index contributed by atoms with van der Waals surface area (Å²) in [4.78, 5) is 22.0. The molecule has 2 unspecified atom stereocenters. The summed E-state index contributed by atoms with van der Waals surface area (Å²) >= 11 is 2.86. The SMILES string of the molecule is CC1CC1NC(=O)c1cc(F)c(Br)cc1[N+](=O)[O-]. The van der Waals surface area contributed by atoms with Crippen LogP contribution < -0.4 is 5.32 Å². The van der Waals surface area contributed by atoms with Crippen molar-refractivity contribution in [3.63, 3.8) is 0 Å². The lowest BCUT2D eigenvalue weighted by Crippen LogP contribution is -2.27. The van der Waals surface area contributed by atoms with Crippen molar-refractivity contribution in [3.8, 4) is 0 Å². The summed E-state index contributed by atoms with van der Waals surface area (Å²) in [5.41, 5.74) is -0.658. The van der Waals surface area contributed by atoms with Crippen LogP contribution in [0.4, 0.5) is 10.1 Å². The van der Waals surface area contributed by atoms with Gasteiger partial charge in [0.15, 0.2) is 0 Å². The van der Waals surface area contributed by atoms with Crippen LogP contribution in [0.3, 0.4) is 0 Å². The zero-order valence-corrected chi connectivity index (χ0v) is 11.0. The Hall–Kier alpha value is -1.50. The quantitative estimate of drug-likeness (QED) is 0.688. The van der Waals surface area contributed by atoms with Gasteiger partial charge in [0.05, 0.1) is 9.40 Å². The van der Waals surface area contributed by atoms with Crippen LogP contribution in [-0.4, -0.2) is 16.9 Å². The molecule has 1 aliphatic rings. The molecule has 0 heterocycles. The Morgan fingerprint density at radius 1 is 1.61 bits per heavy atom. The number of halogens is 2. The summed E-state index contributed by atoms with van der Waals surface area (Å²) in [7, 11) is 0. The molecule has 1 saturated carbocycles. The van der Waals surface area contributed by atoms with E-state index in [0.717, 1.165) is 18.6 Å². The normalized spacial score (nSPS) is 21.5. The molecule has 0 bridgehead atoms. The van der Waals surface area contributed by atoms with Crippen LogP contribution in [-0.2, 0) is 0 Å². The Morgan fingerprint density at radius 2 is 2.22 bits per heavy atom. The van der Waals surface area contributed by atoms with Crippen molar-refractivity contribution in [2.75, 3.05) is 0 Å². The van der Waals surface area contributed by atoms with Crippen molar-refractivity contribution in [2.45, 2.75) is 19.4 Å². The summed E-state index contributed by atoms with van der Waals surface area (Å²) in [6.45, 7) is 1.96. The lowest BCUT2D eigenvalue weighted by Gasteiger charge is -2.05. The number of hydrogen-bond acceptors (Lipinski definition) is 3. The van der Waals surface area contributed by atoms with Crippen LogP contribution in [0.1, 0.15) is 23.7 Å². The van der Waals surface area contributed by atoms with Gasteiger partial charge in [0.25, 0.3) is 11.6 Å². The van der Waals surface area contributed by atoms with E-state index in [0.29, 0.717) is 5.92 Å². The van der Waals surface area contributed by atoms with Gasteiger partial charge in [0.2, 0.25) is 0 Å². The number of amides is 1. The first-order valence-electron chi connectivity index (χ1n) is 5.34. The first-order chi connectivity index (χ1) is 8.40. The highest BCUT2D eigenvalue weighted by molar-refractivity contribution is 9.10. The number of nitro benzene ring substituents is 1. The van der Waals surface area contributed by atoms with E-state index in [1.54, 1.807) is 0 Å². The van der Waals surface area contributed by atoms with E-state index in [4.69, 9.17) is 0 Å². The van der Waals surface area contributed by atoms with Crippen LogP contribution in [0.5, 0.6) is 0 Å². The molecule has 0 spiro atoms. The number of nitrogens with zero attached hydrogens (tertiary/aromatic N) is 1. The van der Waals surface area contributed by atoms with Crippen molar-refractivity contribution in [1.82, 2.24) is 5.32 Å². The largest absolute Gasteiger partial charge is 0.349 e. The van der Waals surface area contributed by atoms with Gasteiger partial charge < -0.3 is 5.32 Å². The van der Waals surface area contributed by atoms with E-state index in [2.05, 4.69) is 21.2 Å². The van der Waals surface area contributed by atoms with E-state index in [1.165, 1.54) is 0 Å². The average Bonchev–Trinajstić information content (AvgIpc) is 2.97. The second kappa shape index (κ2) is 4.64. The Morgan fingerprint density at radius 3 is 2.72 bits per heavy atom. The lowest BCUT2D eigenvalue weighted by molar-refractivity contribution is -0.385. The molecule has 2 atom stereocenters. The maximum atomic E-state index is 13.4. The number of carbonyl (C=O) groups excluding carboxylic acids is 1. The third kappa shape index (κ3) is 2.50. The monoisotopic (exact) mass is 316 g/mol. The molecule has 0 radical (unpaired) electrons. The van der Waals surface area contributed by atoms with Crippen LogP contribution in [0.2, 0.25) is 0 Å². The molecule has 1 aromatic rings. The maximum absolute atomic E-state index is 13.4. The lowest BCUT2D eigenvalue weighted by atomic mass is 10.1. The molecule has 1 aromatic carbocycles. The predicted octanol–water partition coefficient (Wildman–Crippen LogP) is 2.63. The van der Waals surface area contributed by atoms with Gasteiger partial charge in [0.1, 0.15) is 11.4 Å². The Bertz CT molecular complexity index is 535. The molecular formula is C11H10BrFN2O3. The molecular weight excluding hydrogens is 307 g/mol. The van der Waals surface area contributed by atoms with Gasteiger partial charge in [-0.3, -0.25) is 14.9 Å².